The molecule has 1 aromatic carbocycles. The van der Waals surface area contributed by atoms with E-state index in [4.69, 9.17) is 10.5 Å². The molecule has 2 fully saturated rings. The highest BCUT2D eigenvalue weighted by molar-refractivity contribution is 5.76. The van der Waals surface area contributed by atoms with Gasteiger partial charge in [0.05, 0.1) is 13.0 Å². The second kappa shape index (κ2) is 6.37. The molecule has 114 valence electrons. The number of hydrogen-bond acceptors (Lipinski definition) is 3. The number of ether oxygens (including phenoxy) is 1. The summed E-state index contributed by atoms with van der Waals surface area (Å²) < 4.78 is 5.54. The van der Waals surface area contributed by atoms with Crippen molar-refractivity contribution in [1.29, 1.82) is 0 Å². The van der Waals surface area contributed by atoms with Crippen LogP contribution in [0.5, 0.6) is 5.75 Å². The number of nitrogens with one attached hydrogen (secondary N) is 1. The summed E-state index contributed by atoms with van der Waals surface area (Å²) in [5.41, 5.74) is 6.35. The van der Waals surface area contributed by atoms with Crippen molar-refractivity contribution in [2.45, 2.75) is 32.1 Å². The second-order valence-corrected chi connectivity index (χ2v) is 6.41. The van der Waals surface area contributed by atoms with Gasteiger partial charge in [-0.3, -0.25) is 4.79 Å². The Labute approximate surface area is 126 Å². The van der Waals surface area contributed by atoms with Gasteiger partial charge < -0.3 is 15.8 Å². The van der Waals surface area contributed by atoms with Crippen LogP contribution in [0.1, 0.15) is 32.1 Å². The van der Waals surface area contributed by atoms with Crippen molar-refractivity contribution in [2.75, 3.05) is 18.9 Å². The van der Waals surface area contributed by atoms with Crippen LogP contribution in [0.4, 0.5) is 5.69 Å². The summed E-state index contributed by atoms with van der Waals surface area (Å²) in [4.78, 5) is 11.8. The zero-order chi connectivity index (χ0) is 14.7. The third-order valence-electron chi connectivity index (χ3n) is 4.90. The van der Waals surface area contributed by atoms with Crippen LogP contribution in [-0.4, -0.2) is 19.1 Å². The molecule has 4 heteroatoms. The lowest BCUT2D eigenvalue weighted by atomic mass is 9.89. The molecule has 3 unspecified atom stereocenters. The Morgan fingerprint density at radius 3 is 2.95 bits per heavy atom. The maximum absolute atomic E-state index is 11.8. The fourth-order valence-electron chi connectivity index (χ4n) is 3.83. The molecule has 3 N–H and O–H groups in total. The van der Waals surface area contributed by atoms with E-state index in [0.717, 1.165) is 24.1 Å². The monoisotopic (exact) mass is 288 g/mol. The molecule has 2 aliphatic carbocycles. The van der Waals surface area contributed by atoms with Gasteiger partial charge in [0.2, 0.25) is 5.91 Å². The lowest BCUT2D eigenvalue weighted by molar-refractivity contribution is -0.121. The van der Waals surface area contributed by atoms with Crippen molar-refractivity contribution in [2.24, 2.45) is 17.8 Å². The molecule has 1 amide bonds. The molecule has 2 saturated carbocycles. The van der Waals surface area contributed by atoms with E-state index < -0.39 is 0 Å². The van der Waals surface area contributed by atoms with Gasteiger partial charge in [0.25, 0.3) is 0 Å². The zero-order valence-corrected chi connectivity index (χ0v) is 12.4. The maximum atomic E-state index is 11.8. The average Bonchev–Trinajstić information content (AvgIpc) is 3.08. The van der Waals surface area contributed by atoms with E-state index in [-0.39, 0.29) is 5.91 Å². The van der Waals surface area contributed by atoms with Gasteiger partial charge in [-0.2, -0.15) is 0 Å². The normalized spacial score (nSPS) is 26.8. The highest BCUT2D eigenvalue weighted by Crippen LogP contribution is 2.47. The Bertz CT molecular complexity index is 503. The van der Waals surface area contributed by atoms with Crippen molar-refractivity contribution >= 4 is 11.6 Å². The summed E-state index contributed by atoms with van der Waals surface area (Å²) in [6, 6.07) is 7.28. The van der Waals surface area contributed by atoms with E-state index in [2.05, 4.69) is 5.32 Å². The van der Waals surface area contributed by atoms with Crippen LogP contribution in [0, 0.1) is 17.8 Å². The minimum absolute atomic E-state index is 0.0849. The lowest BCUT2D eigenvalue weighted by Crippen LogP contribution is -2.32. The van der Waals surface area contributed by atoms with Crippen LogP contribution in [-0.2, 0) is 4.79 Å². The van der Waals surface area contributed by atoms with Gasteiger partial charge in [0.1, 0.15) is 5.75 Å². The number of nitrogen functional groups attached to an aromatic ring is 1. The first-order valence-electron chi connectivity index (χ1n) is 7.96. The molecule has 0 aliphatic heterocycles. The largest absolute Gasteiger partial charge is 0.493 e. The first kappa shape index (κ1) is 14.2. The van der Waals surface area contributed by atoms with Crippen LogP contribution in [0.25, 0.3) is 0 Å². The summed E-state index contributed by atoms with van der Waals surface area (Å²) >= 11 is 0. The number of benzene rings is 1. The van der Waals surface area contributed by atoms with Gasteiger partial charge >= 0.3 is 0 Å². The van der Waals surface area contributed by atoms with Crippen LogP contribution in [0.15, 0.2) is 24.3 Å². The molecule has 2 aliphatic rings. The Balaban J connectivity index is 1.33. The van der Waals surface area contributed by atoms with E-state index in [0.29, 0.717) is 24.6 Å². The molecular formula is C17H24N2O2. The standard InChI is InChI=1S/C17H24N2O2/c18-15-2-1-3-16(10-15)21-7-6-17(20)19-11-14-9-12-4-5-13(14)8-12/h1-3,10,12-14H,4-9,11,18H2,(H,19,20). The summed E-state index contributed by atoms with van der Waals surface area (Å²) in [6.07, 6.45) is 5.87. The molecule has 0 aromatic heterocycles. The van der Waals surface area contributed by atoms with Gasteiger partial charge in [-0.05, 0) is 49.1 Å². The molecule has 0 heterocycles. The van der Waals surface area contributed by atoms with E-state index in [9.17, 15) is 4.79 Å². The van der Waals surface area contributed by atoms with Gasteiger partial charge in [-0.15, -0.1) is 0 Å². The van der Waals surface area contributed by atoms with E-state index in [1.54, 1.807) is 6.07 Å². The van der Waals surface area contributed by atoms with Crippen molar-refractivity contribution in [1.82, 2.24) is 5.32 Å². The lowest BCUT2D eigenvalue weighted by Gasteiger charge is -2.21. The van der Waals surface area contributed by atoms with Crippen molar-refractivity contribution < 1.29 is 9.53 Å². The third-order valence-corrected chi connectivity index (χ3v) is 4.90. The molecule has 0 saturated heterocycles. The number of anilines is 1. The van der Waals surface area contributed by atoms with Crippen LogP contribution in [0.3, 0.4) is 0 Å². The van der Waals surface area contributed by atoms with Gasteiger partial charge in [-0.1, -0.05) is 12.5 Å². The molecule has 21 heavy (non-hydrogen) atoms. The first-order valence-corrected chi connectivity index (χ1v) is 7.96. The first-order chi connectivity index (χ1) is 10.2. The Morgan fingerprint density at radius 2 is 2.24 bits per heavy atom. The molecule has 2 bridgehead atoms. The molecule has 3 atom stereocenters. The second-order valence-electron chi connectivity index (χ2n) is 6.41. The Morgan fingerprint density at radius 1 is 1.33 bits per heavy atom. The summed E-state index contributed by atoms with van der Waals surface area (Å²) in [5, 5.41) is 3.06. The van der Waals surface area contributed by atoms with Gasteiger partial charge in [0.15, 0.2) is 0 Å². The number of amides is 1. The summed E-state index contributed by atoms with van der Waals surface area (Å²) in [6.45, 7) is 1.24. The number of carbonyl (C=O) groups is 1. The topological polar surface area (TPSA) is 64.3 Å². The fourth-order valence-corrected chi connectivity index (χ4v) is 3.83. The molecule has 4 nitrogen and oxygen atoms in total. The molecule has 0 spiro atoms. The van der Waals surface area contributed by atoms with Crippen molar-refractivity contribution in [3.05, 3.63) is 24.3 Å². The van der Waals surface area contributed by atoms with Crippen LogP contribution in [0.2, 0.25) is 0 Å². The quantitative estimate of drug-likeness (QED) is 0.791. The van der Waals surface area contributed by atoms with Gasteiger partial charge in [-0.25, -0.2) is 0 Å². The highest BCUT2D eigenvalue weighted by atomic mass is 16.5. The minimum atomic E-state index is 0.0849. The molecule has 3 rings (SSSR count). The average molecular weight is 288 g/mol. The van der Waals surface area contributed by atoms with E-state index in [1.807, 2.05) is 18.2 Å². The van der Waals surface area contributed by atoms with Crippen LogP contribution < -0.4 is 15.8 Å². The van der Waals surface area contributed by atoms with Crippen molar-refractivity contribution in [3.8, 4) is 5.75 Å². The maximum Gasteiger partial charge on any atom is 0.223 e. The Kier molecular flexibility index (Phi) is 4.32. The van der Waals surface area contributed by atoms with Crippen molar-refractivity contribution in [3.63, 3.8) is 0 Å². The predicted molar refractivity (Wildman–Crippen MR) is 82.9 cm³/mol. The van der Waals surface area contributed by atoms with Gasteiger partial charge in [0, 0.05) is 18.3 Å². The van der Waals surface area contributed by atoms with E-state index >= 15 is 0 Å². The molecule has 1 aromatic rings. The summed E-state index contributed by atoms with van der Waals surface area (Å²) in [5.74, 6) is 3.31. The minimum Gasteiger partial charge on any atom is -0.493 e. The number of nitrogens with two attached hydrogens (primary N) is 1. The smallest absolute Gasteiger partial charge is 0.223 e. The SMILES string of the molecule is Nc1cccc(OCCC(=O)NCC2CC3CCC2C3)c1. The Hall–Kier alpha value is -1.71. The summed E-state index contributed by atoms with van der Waals surface area (Å²) in [7, 11) is 0. The van der Waals surface area contributed by atoms with E-state index in [1.165, 1.54) is 25.7 Å². The zero-order valence-electron chi connectivity index (χ0n) is 12.4. The molecule has 0 radical (unpaired) electrons. The third kappa shape index (κ3) is 3.69. The number of rotatable bonds is 6. The number of carbonyl (C=O) groups excluding carboxylic acids is 1. The van der Waals surface area contributed by atoms with Crippen LogP contribution >= 0.6 is 0 Å². The fraction of sp³-hybridized carbons (Fsp3) is 0.588. The molecular weight excluding hydrogens is 264 g/mol. The highest BCUT2D eigenvalue weighted by Gasteiger charge is 2.39. The number of fused-ring (bicyclic) bond motifs is 2. The number of hydrogen-bond donors (Lipinski definition) is 2. The predicted octanol–water partition coefficient (Wildman–Crippen LogP) is 2.59.